The molecule has 32 heteroatoms. The Balaban J connectivity index is 6.88. The SMILES string of the molecule is CC(C)OC(=O)C[N+](C)(C)CCCNC(=O)C(F)(F)C(F)(F)C(F)(F)C(F)(F)C(F)(F)C(F)(F)C(F)(F)C(F)(F)C(F)(F)C(F)(F)C(F)(F)C(F)(F)C(F)(F)F. The van der Waals surface area contributed by atoms with Gasteiger partial charge in [-0.2, -0.15) is 119 Å². The van der Waals surface area contributed by atoms with Gasteiger partial charge in [0.1, 0.15) is 0 Å². The van der Waals surface area contributed by atoms with Gasteiger partial charge in [0.15, 0.2) is 6.54 Å². The van der Waals surface area contributed by atoms with E-state index in [1.165, 1.54) is 27.9 Å². The number of rotatable bonds is 19. The van der Waals surface area contributed by atoms with Gasteiger partial charge in [-0.1, -0.05) is 0 Å². The molecule has 0 aliphatic rings. The number of hydrogen-bond donors (Lipinski definition) is 1. The monoisotopic (exact) mass is 899 g/mol. The van der Waals surface area contributed by atoms with E-state index in [1.807, 2.05) is 0 Å². The first-order chi connectivity index (χ1) is 23.9. The Kier molecular flexibility index (Phi) is 13.9. The van der Waals surface area contributed by atoms with Gasteiger partial charge in [-0.15, -0.1) is 0 Å². The largest absolute Gasteiger partial charge is 0.460 e. The van der Waals surface area contributed by atoms with Gasteiger partial charge < -0.3 is 14.5 Å². The van der Waals surface area contributed by atoms with Crippen molar-refractivity contribution in [1.82, 2.24) is 5.32 Å². The number of carbonyl (C=O) groups excluding carboxylic acids is 2. The average Bonchev–Trinajstić information content (AvgIpc) is 2.96. The Bertz CT molecular complexity index is 1420. The van der Waals surface area contributed by atoms with Crippen LogP contribution in [0.3, 0.4) is 0 Å². The molecule has 0 aliphatic carbocycles. The van der Waals surface area contributed by atoms with Crippen LogP contribution in [0.4, 0.5) is 119 Å². The van der Waals surface area contributed by atoms with Crippen molar-refractivity contribution in [3.63, 3.8) is 0 Å². The van der Waals surface area contributed by atoms with Crippen LogP contribution in [0.2, 0.25) is 0 Å². The fourth-order valence-electron chi connectivity index (χ4n) is 3.84. The molecule has 0 heterocycles. The average molecular weight is 899 g/mol. The van der Waals surface area contributed by atoms with Crippen LogP contribution in [-0.2, 0) is 14.3 Å². The summed E-state index contributed by atoms with van der Waals surface area (Å²) in [6, 6.07) is 0. The minimum Gasteiger partial charge on any atom is -0.459 e. The summed E-state index contributed by atoms with van der Waals surface area (Å²) >= 11 is 0. The van der Waals surface area contributed by atoms with Gasteiger partial charge in [0, 0.05) is 13.0 Å². The van der Waals surface area contributed by atoms with Crippen molar-refractivity contribution in [2.45, 2.75) is 104 Å². The first-order valence-corrected chi connectivity index (χ1v) is 13.8. The molecular formula is C24H22F27N2O3+. The number of quaternary nitrogens is 1. The zero-order chi connectivity index (χ0) is 46.0. The maximum absolute atomic E-state index is 14.1. The standard InChI is InChI=1S/C24H21F27N2O3/c1-9(2)56-10(54)8-53(3,4)7-5-6-52-11(55)12(25,26)13(27,28)14(29,30)15(31,32)16(33,34)17(35,36)18(37,38)19(39,40)20(41,42)21(43,44)22(45,46)23(47,48)24(49,50)51/h9H,5-8H2,1-4H3/p+1. The van der Waals surface area contributed by atoms with Gasteiger partial charge >= 0.3 is 83.2 Å². The molecule has 334 valence electrons. The van der Waals surface area contributed by atoms with Gasteiger partial charge in [0.25, 0.3) is 5.91 Å². The van der Waals surface area contributed by atoms with E-state index in [0.717, 1.165) is 0 Å². The molecular weight excluding hydrogens is 877 g/mol. The second-order valence-corrected chi connectivity index (χ2v) is 12.4. The van der Waals surface area contributed by atoms with E-state index in [9.17, 15) is 128 Å². The third kappa shape index (κ3) is 7.79. The summed E-state index contributed by atoms with van der Waals surface area (Å²) in [5.41, 5.74) is 0. The molecule has 56 heavy (non-hydrogen) atoms. The summed E-state index contributed by atoms with van der Waals surface area (Å²) in [5.74, 6) is -116. The molecule has 0 bridgehead atoms. The summed E-state index contributed by atoms with van der Waals surface area (Å²) < 4.78 is 372. The summed E-state index contributed by atoms with van der Waals surface area (Å²) in [6.07, 6.45) is -9.72. The van der Waals surface area contributed by atoms with E-state index in [1.54, 1.807) is 0 Å². The molecule has 0 fully saturated rings. The van der Waals surface area contributed by atoms with E-state index in [4.69, 9.17) is 4.74 Å². The van der Waals surface area contributed by atoms with Crippen LogP contribution in [-0.4, -0.2) is 133 Å². The molecule has 5 nitrogen and oxygen atoms in total. The predicted octanol–water partition coefficient (Wildman–Crippen LogP) is 8.71. The van der Waals surface area contributed by atoms with Crippen LogP contribution in [0.25, 0.3) is 0 Å². The molecule has 0 atom stereocenters. The minimum absolute atomic E-state index is 0.475. The van der Waals surface area contributed by atoms with E-state index in [-0.39, 0.29) is 0 Å². The Labute approximate surface area is 293 Å². The molecule has 0 saturated carbocycles. The molecule has 0 rings (SSSR count). The van der Waals surface area contributed by atoms with Crippen LogP contribution in [0, 0.1) is 0 Å². The second-order valence-electron chi connectivity index (χ2n) is 12.4. The molecule has 0 aliphatic heterocycles. The Morgan fingerprint density at radius 3 is 1.02 bits per heavy atom. The van der Waals surface area contributed by atoms with Crippen LogP contribution < -0.4 is 5.32 Å². The predicted molar refractivity (Wildman–Crippen MR) is 126 cm³/mol. The topological polar surface area (TPSA) is 55.4 Å². The molecule has 1 amide bonds. The van der Waals surface area contributed by atoms with Crippen LogP contribution in [0.5, 0.6) is 0 Å². The maximum Gasteiger partial charge on any atom is 0.460 e. The lowest BCUT2D eigenvalue weighted by molar-refractivity contribution is -0.883. The van der Waals surface area contributed by atoms with Crippen molar-refractivity contribution in [3.05, 3.63) is 0 Å². The molecule has 0 spiro atoms. The number of hydrogen-bond acceptors (Lipinski definition) is 3. The lowest BCUT2D eigenvalue weighted by Gasteiger charge is -2.46. The van der Waals surface area contributed by atoms with Gasteiger partial charge in [-0.25, -0.2) is 4.79 Å². The van der Waals surface area contributed by atoms with E-state index in [0.29, 0.717) is 5.32 Å². The Hall–Kier alpha value is -2.99. The summed E-state index contributed by atoms with van der Waals surface area (Å²) in [4.78, 5) is 23.3. The van der Waals surface area contributed by atoms with E-state index < -0.39 is 126 Å². The van der Waals surface area contributed by atoms with Crippen LogP contribution >= 0.6 is 0 Å². The zero-order valence-corrected chi connectivity index (χ0v) is 27.3. The highest BCUT2D eigenvalue weighted by atomic mass is 19.4. The second kappa shape index (κ2) is 14.7. The third-order valence-electron chi connectivity index (χ3n) is 7.13. The molecule has 0 aromatic rings. The third-order valence-corrected chi connectivity index (χ3v) is 7.13. The minimum atomic E-state index is -9.87. The molecule has 0 radical (unpaired) electrons. The van der Waals surface area contributed by atoms with Gasteiger partial charge in [-0.05, 0) is 13.8 Å². The number of nitrogens with one attached hydrogen (secondary N) is 1. The number of amides is 1. The fraction of sp³-hybridized carbons (Fsp3) is 0.917. The summed E-state index contributed by atoms with van der Waals surface area (Å²) in [6.45, 7) is 0.310. The number of ether oxygens (including phenoxy) is 1. The van der Waals surface area contributed by atoms with Crippen molar-refractivity contribution in [3.8, 4) is 0 Å². The zero-order valence-electron chi connectivity index (χ0n) is 27.3. The van der Waals surface area contributed by atoms with Crippen molar-refractivity contribution in [2.75, 3.05) is 33.7 Å². The maximum atomic E-state index is 14.1. The number of nitrogens with zero attached hydrogens (tertiary/aromatic N) is 1. The number of carbonyl (C=O) groups is 2. The molecule has 0 aromatic carbocycles. The number of alkyl halides is 27. The van der Waals surface area contributed by atoms with Gasteiger partial charge in [0.05, 0.1) is 26.7 Å². The normalized spacial score (nSPS) is 16.0. The molecule has 0 aromatic heterocycles. The molecule has 1 N–H and O–H groups in total. The highest BCUT2D eigenvalue weighted by molar-refractivity contribution is 5.84. The van der Waals surface area contributed by atoms with Crippen LogP contribution in [0.15, 0.2) is 0 Å². The fourth-order valence-corrected chi connectivity index (χ4v) is 3.84. The van der Waals surface area contributed by atoms with Crippen molar-refractivity contribution in [2.24, 2.45) is 0 Å². The molecule has 0 saturated heterocycles. The van der Waals surface area contributed by atoms with Gasteiger partial charge in [0.2, 0.25) is 0 Å². The van der Waals surface area contributed by atoms with E-state index in [2.05, 4.69) is 0 Å². The quantitative estimate of drug-likeness (QED) is 0.0612. The number of halogens is 27. The first kappa shape index (κ1) is 53.0. The van der Waals surface area contributed by atoms with Crippen LogP contribution in [0.1, 0.15) is 20.3 Å². The van der Waals surface area contributed by atoms with Gasteiger partial charge in [-0.3, -0.25) is 4.79 Å². The first-order valence-electron chi connectivity index (χ1n) is 13.8. The Morgan fingerprint density at radius 1 is 0.482 bits per heavy atom. The molecule has 0 unspecified atom stereocenters. The van der Waals surface area contributed by atoms with Crippen molar-refractivity contribution < 1.29 is 137 Å². The lowest BCUT2D eigenvalue weighted by atomic mass is 9.84. The van der Waals surface area contributed by atoms with Crippen molar-refractivity contribution in [1.29, 1.82) is 0 Å². The lowest BCUT2D eigenvalue weighted by Crippen LogP contribution is -2.79. The van der Waals surface area contributed by atoms with Crippen molar-refractivity contribution >= 4 is 11.9 Å². The highest BCUT2D eigenvalue weighted by Gasteiger charge is 3.00. The smallest absolute Gasteiger partial charge is 0.459 e. The summed E-state index contributed by atoms with van der Waals surface area (Å²) in [5, 5.41) is 0.619. The number of esters is 1. The number of likely N-dealkylation sites (N-methyl/N-ethyl adjacent to an activating group) is 1. The highest BCUT2D eigenvalue weighted by Crippen LogP contribution is 2.68. The Morgan fingerprint density at radius 2 is 0.750 bits per heavy atom. The summed E-state index contributed by atoms with van der Waals surface area (Å²) in [7, 11) is 2.36. The van der Waals surface area contributed by atoms with E-state index >= 15 is 0 Å².